The molecule has 1 aliphatic rings. The smallest absolute Gasteiger partial charge is 0.340 e. The van der Waals surface area contributed by atoms with Crippen LogP contribution >= 0.6 is 0 Å². The number of halogens is 3. The van der Waals surface area contributed by atoms with Crippen molar-refractivity contribution in [3.63, 3.8) is 0 Å². The first kappa shape index (κ1) is 12.4. The monoisotopic (exact) mass is 269 g/mol. The van der Waals surface area contributed by atoms with E-state index in [1.54, 1.807) is 18.5 Å². The molecule has 0 spiro atoms. The number of nitrogens with zero attached hydrogens (tertiary/aromatic N) is 2. The van der Waals surface area contributed by atoms with Crippen molar-refractivity contribution >= 4 is 11.0 Å². The Balaban J connectivity index is 1.74. The Morgan fingerprint density at radius 1 is 1.16 bits per heavy atom. The Kier molecular flexibility index (Phi) is 2.95. The molecule has 2 heterocycles. The van der Waals surface area contributed by atoms with Crippen LogP contribution in [0.2, 0.25) is 0 Å². The minimum atomic E-state index is -4.05. The minimum Gasteiger partial charge on any atom is -0.340 e. The van der Waals surface area contributed by atoms with E-state index in [1.807, 2.05) is 0 Å². The molecule has 0 saturated heterocycles. The van der Waals surface area contributed by atoms with Gasteiger partial charge in [-0.05, 0) is 31.7 Å². The fourth-order valence-corrected chi connectivity index (χ4v) is 2.76. The molecule has 2 aromatic heterocycles. The average molecular weight is 269 g/mol. The lowest BCUT2D eigenvalue weighted by Gasteiger charge is -2.28. The molecular weight excluding hydrogens is 255 g/mol. The maximum absolute atomic E-state index is 12.6. The van der Waals surface area contributed by atoms with E-state index in [0.717, 1.165) is 16.9 Å². The van der Waals surface area contributed by atoms with E-state index < -0.39 is 12.1 Å². The highest BCUT2D eigenvalue weighted by atomic mass is 19.4. The molecule has 3 nitrogen and oxygen atoms in total. The molecule has 1 fully saturated rings. The number of rotatable bonds is 1. The summed E-state index contributed by atoms with van der Waals surface area (Å²) in [7, 11) is 0. The van der Waals surface area contributed by atoms with E-state index in [2.05, 4.69) is 15.0 Å². The van der Waals surface area contributed by atoms with Gasteiger partial charge in [0.15, 0.2) is 0 Å². The molecule has 0 unspecified atom stereocenters. The summed E-state index contributed by atoms with van der Waals surface area (Å²) < 4.78 is 37.8. The normalized spacial score (nSPS) is 24.8. The second-order valence-corrected chi connectivity index (χ2v) is 5.11. The summed E-state index contributed by atoms with van der Waals surface area (Å²) in [5.74, 6) is -0.246. The molecule has 0 radical (unpaired) electrons. The highest BCUT2D eigenvalue weighted by Crippen LogP contribution is 2.42. The number of imidazole rings is 1. The Labute approximate surface area is 108 Å². The summed E-state index contributed by atoms with van der Waals surface area (Å²) >= 11 is 0. The Bertz CT molecular complexity index is 535. The van der Waals surface area contributed by atoms with E-state index in [-0.39, 0.29) is 18.8 Å². The van der Waals surface area contributed by atoms with Crippen molar-refractivity contribution in [1.82, 2.24) is 15.0 Å². The maximum atomic E-state index is 12.6. The van der Waals surface area contributed by atoms with Crippen LogP contribution in [-0.4, -0.2) is 21.1 Å². The van der Waals surface area contributed by atoms with E-state index in [1.165, 1.54) is 0 Å². The first-order valence-corrected chi connectivity index (χ1v) is 6.40. The van der Waals surface area contributed by atoms with Crippen LogP contribution < -0.4 is 0 Å². The number of H-pyrrole nitrogens is 1. The molecule has 0 aliphatic heterocycles. The lowest BCUT2D eigenvalue weighted by atomic mass is 9.81. The number of nitrogens with one attached hydrogen (secondary N) is 1. The largest absolute Gasteiger partial charge is 0.391 e. The van der Waals surface area contributed by atoms with Crippen molar-refractivity contribution < 1.29 is 13.2 Å². The van der Waals surface area contributed by atoms with Crippen molar-refractivity contribution in [3.8, 4) is 0 Å². The van der Waals surface area contributed by atoms with Gasteiger partial charge in [0.05, 0.1) is 23.1 Å². The van der Waals surface area contributed by atoms with Gasteiger partial charge in [-0.1, -0.05) is 0 Å². The van der Waals surface area contributed by atoms with Crippen LogP contribution in [0.15, 0.2) is 18.5 Å². The first-order valence-electron chi connectivity index (χ1n) is 6.40. The van der Waals surface area contributed by atoms with Crippen LogP contribution in [0.4, 0.5) is 13.2 Å². The van der Waals surface area contributed by atoms with Gasteiger partial charge in [-0.2, -0.15) is 13.2 Å². The van der Waals surface area contributed by atoms with Gasteiger partial charge in [-0.15, -0.1) is 0 Å². The topological polar surface area (TPSA) is 41.6 Å². The highest BCUT2D eigenvalue weighted by molar-refractivity contribution is 5.73. The van der Waals surface area contributed by atoms with Crippen molar-refractivity contribution in [2.45, 2.75) is 37.8 Å². The molecule has 1 saturated carbocycles. The summed E-state index contributed by atoms with van der Waals surface area (Å²) in [5, 5.41) is 0. The molecule has 19 heavy (non-hydrogen) atoms. The molecule has 102 valence electrons. The quantitative estimate of drug-likeness (QED) is 0.855. The van der Waals surface area contributed by atoms with Crippen LogP contribution in [0, 0.1) is 5.92 Å². The number of hydrogen-bond donors (Lipinski definition) is 1. The summed E-state index contributed by atoms with van der Waals surface area (Å²) in [6, 6.07) is 1.80. The fraction of sp³-hybridized carbons (Fsp3) is 0.538. The van der Waals surface area contributed by atoms with E-state index in [9.17, 15) is 13.2 Å². The van der Waals surface area contributed by atoms with Crippen LogP contribution in [-0.2, 0) is 0 Å². The number of aromatic amines is 1. The van der Waals surface area contributed by atoms with Crippen molar-refractivity contribution in [2.24, 2.45) is 5.92 Å². The summed E-state index contributed by atoms with van der Waals surface area (Å²) in [5.41, 5.74) is 1.67. The third kappa shape index (κ3) is 2.43. The summed E-state index contributed by atoms with van der Waals surface area (Å²) in [6.45, 7) is 0. The lowest BCUT2D eigenvalue weighted by molar-refractivity contribution is -0.182. The second-order valence-electron chi connectivity index (χ2n) is 5.11. The van der Waals surface area contributed by atoms with Crippen molar-refractivity contribution in [2.75, 3.05) is 0 Å². The Morgan fingerprint density at radius 2 is 1.89 bits per heavy atom. The lowest BCUT2D eigenvalue weighted by Crippen LogP contribution is -2.27. The van der Waals surface area contributed by atoms with E-state index >= 15 is 0 Å². The standard InChI is InChI=1S/C13H14F3N3/c14-13(15,16)9-3-1-8(2-4-9)12-18-10-5-6-17-7-11(10)19-12/h5-9H,1-4H2,(H,18,19). The van der Waals surface area contributed by atoms with Crippen LogP contribution in [0.5, 0.6) is 0 Å². The van der Waals surface area contributed by atoms with Crippen molar-refractivity contribution in [3.05, 3.63) is 24.3 Å². The maximum Gasteiger partial charge on any atom is 0.391 e. The van der Waals surface area contributed by atoms with E-state index in [0.29, 0.717) is 12.8 Å². The SMILES string of the molecule is FC(F)(F)C1CCC(c2nc3ccncc3[nH]2)CC1. The predicted molar refractivity (Wildman–Crippen MR) is 64.6 cm³/mol. The zero-order valence-electron chi connectivity index (χ0n) is 10.2. The summed E-state index contributed by atoms with van der Waals surface area (Å²) in [4.78, 5) is 11.6. The van der Waals surface area contributed by atoms with Gasteiger partial charge < -0.3 is 4.98 Å². The fourth-order valence-electron chi connectivity index (χ4n) is 2.76. The average Bonchev–Trinajstić information content (AvgIpc) is 2.81. The zero-order chi connectivity index (χ0) is 13.5. The molecule has 1 N–H and O–H groups in total. The van der Waals surface area contributed by atoms with Gasteiger partial charge in [-0.25, -0.2) is 4.98 Å². The number of fused-ring (bicyclic) bond motifs is 1. The van der Waals surface area contributed by atoms with Gasteiger partial charge >= 0.3 is 6.18 Å². The van der Waals surface area contributed by atoms with Gasteiger partial charge in [-0.3, -0.25) is 4.98 Å². The second kappa shape index (κ2) is 4.51. The highest BCUT2D eigenvalue weighted by Gasteiger charge is 2.41. The number of alkyl halides is 3. The third-order valence-corrected chi connectivity index (χ3v) is 3.88. The Hall–Kier alpha value is -1.59. The third-order valence-electron chi connectivity index (χ3n) is 3.88. The molecule has 3 rings (SSSR count). The molecule has 0 amide bonds. The number of aromatic nitrogens is 3. The summed E-state index contributed by atoms with van der Waals surface area (Å²) in [6.07, 6.45) is 0.769. The molecule has 0 aromatic carbocycles. The zero-order valence-corrected chi connectivity index (χ0v) is 10.2. The van der Waals surface area contributed by atoms with Gasteiger partial charge in [0.1, 0.15) is 5.82 Å². The number of hydrogen-bond acceptors (Lipinski definition) is 2. The molecule has 0 atom stereocenters. The minimum absolute atomic E-state index is 0.103. The van der Waals surface area contributed by atoms with Crippen molar-refractivity contribution in [1.29, 1.82) is 0 Å². The van der Waals surface area contributed by atoms with Crippen LogP contribution in [0.3, 0.4) is 0 Å². The van der Waals surface area contributed by atoms with E-state index in [4.69, 9.17) is 0 Å². The molecule has 6 heteroatoms. The van der Waals surface area contributed by atoms with Gasteiger partial charge in [0.25, 0.3) is 0 Å². The molecule has 1 aliphatic carbocycles. The Morgan fingerprint density at radius 3 is 2.53 bits per heavy atom. The molecule has 2 aromatic rings. The predicted octanol–water partition coefficient (Wildman–Crippen LogP) is 3.79. The van der Waals surface area contributed by atoms with Gasteiger partial charge in [0, 0.05) is 12.1 Å². The van der Waals surface area contributed by atoms with Crippen LogP contribution in [0.25, 0.3) is 11.0 Å². The first-order chi connectivity index (χ1) is 9.04. The molecule has 0 bridgehead atoms. The van der Waals surface area contributed by atoms with Gasteiger partial charge in [0.2, 0.25) is 0 Å². The number of pyridine rings is 1. The van der Waals surface area contributed by atoms with Crippen LogP contribution in [0.1, 0.15) is 37.4 Å². The molecular formula is C13H14F3N3.